The maximum absolute atomic E-state index is 11.6. The first-order valence-electron chi connectivity index (χ1n) is 7.25. The number of carbonyl (C=O) groups excluding carboxylic acids is 1. The lowest BCUT2D eigenvalue weighted by atomic mass is 9.83. The molecule has 1 unspecified atom stereocenters. The molecule has 3 aliphatic rings. The second-order valence-electron chi connectivity index (χ2n) is 5.90. The minimum atomic E-state index is 0.0433. The predicted octanol–water partition coefficient (Wildman–Crippen LogP) is 1.38. The van der Waals surface area contributed by atoms with E-state index in [0.29, 0.717) is 18.4 Å². The molecule has 0 aliphatic carbocycles. The topological polar surface area (TPSA) is 38.8 Å². The van der Waals surface area contributed by atoms with Gasteiger partial charge in [-0.15, -0.1) is 0 Å². The van der Waals surface area contributed by atoms with Gasteiger partial charge in [-0.1, -0.05) is 0 Å². The number of hydrogen-bond acceptors (Lipinski definition) is 4. The molecule has 4 heteroatoms. The molecule has 3 fully saturated rings. The van der Waals surface area contributed by atoms with E-state index in [2.05, 4.69) is 4.90 Å². The molecule has 1 spiro atoms. The molecule has 0 amide bonds. The van der Waals surface area contributed by atoms with Crippen LogP contribution in [0.2, 0.25) is 0 Å². The fourth-order valence-corrected chi connectivity index (χ4v) is 3.58. The zero-order valence-corrected chi connectivity index (χ0v) is 11.0. The zero-order chi connectivity index (χ0) is 12.4. The second-order valence-corrected chi connectivity index (χ2v) is 5.90. The average Bonchev–Trinajstić information content (AvgIpc) is 2.40. The van der Waals surface area contributed by atoms with E-state index in [1.165, 1.54) is 0 Å². The van der Waals surface area contributed by atoms with Crippen LogP contribution >= 0.6 is 0 Å². The third-order valence-corrected chi connectivity index (χ3v) is 4.67. The van der Waals surface area contributed by atoms with Crippen LogP contribution in [0.4, 0.5) is 0 Å². The largest absolute Gasteiger partial charge is 0.381 e. The molecule has 0 saturated carbocycles. The zero-order valence-electron chi connectivity index (χ0n) is 11.0. The van der Waals surface area contributed by atoms with Gasteiger partial charge in [-0.25, -0.2) is 0 Å². The van der Waals surface area contributed by atoms with Crippen LogP contribution in [0.3, 0.4) is 0 Å². The molecule has 0 aromatic heterocycles. The first-order valence-corrected chi connectivity index (χ1v) is 7.25. The van der Waals surface area contributed by atoms with Crippen LogP contribution in [0.1, 0.15) is 38.5 Å². The summed E-state index contributed by atoms with van der Waals surface area (Å²) in [5.74, 6) is 0.411. The maximum Gasteiger partial charge on any atom is 0.146 e. The summed E-state index contributed by atoms with van der Waals surface area (Å²) >= 11 is 0. The molecule has 0 radical (unpaired) electrons. The van der Waals surface area contributed by atoms with Gasteiger partial charge in [-0.05, 0) is 38.6 Å². The summed E-state index contributed by atoms with van der Waals surface area (Å²) in [5.41, 5.74) is 0.0433. The monoisotopic (exact) mass is 253 g/mol. The van der Waals surface area contributed by atoms with Gasteiger partial charge in [0, 0.05) is 32.3 Å². The molecule has 3 saturated heterocycles. The van der Waals surface area contributed by atoms with Crippen molar-refractivity contribution in [1.29, 1.82) is 0 Å². The molecule has 3 heterocycles. The van der Waals surface area contributed by atoms with Crippen LogP contribution in [0.15, 0.2) is 0 Å². The number of ketones is 1. The van der Waals surface area contributed by atoms with E-state index in [9.17, 15) is 4.79 Å². The SMILES string of the molecule is O=C1CCCN(C2CCOC3(CCOCC3)C2)C1. The van der Waals surface area contributed by atoms with E-state index < -0.39 is 0 Å². The van der Waals surface area contributed by atoms with Crippen LogP contribution in [0, 0.1) is 0 Å². The van der Waals surface area contributed by atoms with Crippen molar-refractivity contribution in [2.45, 2.75) is 50.2 Å². The lowest BCUT2D eigenvalue weighted by Crippen LogP contribution is -2.53. The third-order valence-electron chi connectivity index (χ3n) is 4.67. The van der Waals surface area contributed by atoms with Crippen LogP contribution in [0.25, 0.3) is 0 Å². The second kappa shape index (κ2) is 5.27. The number of piperidine rings is 1. The van der Waals surface area contributed by atoms with Crippen LogP contribution < -0.4 is 0 Å². The van der Waals surface area contributed by atoms with Crippen molar-refractivity contribution >= 4 is 5.78 Å². The van der Waals surface area contributed by atoms with E-state index >= 15 is 0 Å². The van der Waals surface area contributed by atoms with Crippen molar-refractivity contribution in [2.75, 3.05) is 32.9 Å². The molecular weight excluding hydrogens is 230 g/mol. The molecule has 0 aromatic rings. The van der Waals surface area contributed by atoms with Gasteiger partial charge in [0.05, 0.1) is 12.1 Å². The fraction of sp³-hybridized carbons (Fsp3) is 0.929. The Morgan fingerprint density at radius 1 is 1.22 bits per heavy atom. The van der Waals surface area contributed by atoms with Crippen LogP contribution in [0.5, 0.6) is 0 Å². The molecule has 0 aromatic carbocycles. The van der Waals surface area contributed by atoms with Gasteiger partial charge in [0.25, 0.3) is 0 Å². The fourth-order valence-electron chi connectivity index (χ4n) is 3.58. The number of Topliss-reactive ketones (excluding diaryl/α,β-unsaturated/α-hetero) is 1. The van der Waals surface area contributed by atoms with Gasteiger partial charge < -0.3 is 9.47 Å². The normalized spacial score (nSPS) is 33.8. The summed E-state index contributed by atoms with van der Waals surface area (Å²) in [7, 11) is 0. The highest BCUT2D eigenvalue weighted by Crippen LogP contribution is 2.36. The number of hydrogen-bond donors (Lipinski definition) is 0. The minimum absolute atomic E-state index is 0.0433. The van der Waals surface area contributed by atoms with E-state index in [-0.39, 0.29) is 5.60 Å². The summed E-state index contributed by atoms with van der Waals surface area (Å²) in [4.78, 5) is 14.0. The molecular formula is C14H23NO3. The molecule has 0 bridgehead atoms. The summed E-state index contributed by atoms with van der Waals surface area (Å²) in [6.07, 6.45) is 6.01. The van der Waals surface area contributed by atoms with Crippen LogP contribution in [-0.2, 0) is 14.3 Å². The van der Waals surface area contributed by atoms with E-state index in [1.807, 2.05) is 0 Å². The lowest BCUT2D eigenvalue weighted by molar-refractivity contribution is -0.154. The van der Waals surface area contributed by atoms with E-state index in [0.717, 1.165) is 64.9 Å². The Hall–Kier alpha value is -0.450. The van der Waals surface area contributed by atoms with Crippen molar-refractivity contribution in [3.8, 4) is 0 Å². The summed E-state index contributed by atoms with van der Waals surface area (Å²) in [6.45, 7) is 4.24. The molecule has 4 nitrogen and oxygen atoms in total. The molecule has 0 N–H and O–H groups in total. The Bertz CT molecular complexity index is 307. The van der Waals surface area contributed by atoms with Gasteiger partial charge in [0.1, 0.15) is 5.78 Å². The molecule has 1 atom stereocenters. The molecule has 18 heavy (non-hydrogen) atoms. The maximum atomic E-state index is 11.6. The van der Waals surface area contributed by atoms with Crippen LogP contribution in [-0.4, -0.2) is 55.2 Å². The first-order chi connectivity index (χ1) is 8.77. The smallest absolute Gasteiger partial charge is 0.146 e. The third kappa shape index (κ3) is 2.60. The Balaban J connectivity index is 1.64. The van der Waals surface area contributed by atoms with Gasteiger partial charge in [0.15, 0.2) is 0 Å². The predicted molar refractivity (Wildman–Crippen MR) is 67.6 cm³/mol. The van der Waals surface area contributed by atoms with Crippen molar-refractivity contribution in [3.63, 3.8) is 0 Å². The highest BCUT2D eigenvalue weighted by molar-refractivity contribution is 5.81. The summed E-state index contributed by atoms with van der Waals surface area (Å²) in [5, 5.41) is 0. The Morgan fingerprint density at radius 3 is 2.83 bits per heavy atom. The van der Waals surface area contributed by atoms with Crippen molar-refractivity contribution in [1.82, 2.24) is 4.90 Å². The molecule has 3 aliphatic heterocycles. The number of nitrogens with zero attached hydrogens (tertiary/aromatic N) is 1. The Labute approximate surface area is 109 Å². The lowest BCUT2D eigenvalue weighted by Gasteiger charge is -2.47. The van der Waals surface area contributed by atoms with Crippen molar-refractivity contribution in [3.05, 3.63) is 0 Å². The van der Waals surface area contributed by atoms with Gasteiger partial charge in [-0.2, -0.15) is 0 Å². The van der Waals surface area contributed by atoms with E-state index in [4.69, 9.17) is 9.47 Å². The van der Waals surface area contributed by atoms with Crippen molar-refractivity contribution in [2.24, 2.45) is 0 Å². The Morgan fingerprint density at radius 2 is 2.06 bits per heavy atom. The number of likely N-dealkylation sites (tertiary alicyclic amines) is 1. The van der Waals surface area contributed by atoms with Gasteiger partial charge in [0.2, 0.25) is 0 Å². The standard InChI is InChI=1S/C14H23NO3/c16-13-2-1-6-15(11-13)12-3-7-18-14(10-12)4-8-17-9-5-14/h12H,1-11H2. The highest BCUT2D eigenvalue weighted by Gasteiger charge is 2.41. The average molecular weight is 253 g/mol. The summed E-state index contributed by atoms with van der Waals surface area (Å²) in [6, 6.07) is 0.543. The quantitative estimate of drug-likeness (QED) is 0.707. The van der Waals surface area contributed by atoms with E-state index in [1.54, 1.807) is 0 Å². The Kier molecular flexibility index (Phi) is 3.68. The summed E-state index contributed by atoms with van der Waals surface area (Å²) < 4.78 is 11.5. The molecule has 102 valence electrons. The first kappa shape index (κ1) is 12.6. The van der Waals surface area contributed by atoms with Crippen molar-refractivity contribution < 1.29 is 14.3 Å². The van der Waals surface area contributed by atoms with Gasteiger partial charge in [-0.3, -0.25) is 9.69 Å². The van der Waals surface area contributed by atoms with Gasteiger partial charge >= 0.3 is 0 Å². The number of ether oxygens (including phenoxy) is 2. The highest BCUT2D eigenvalue weighted by atomic mass is 16.5. The molecule has 3 rings (SSSR count). The minimum Gasteiger partial charge on any atom is -0.381 e. The number of carbonyl (C=O) groups is 1. The number of rotatable bonds is 1.